The molecule has 0 aliphatic heterocycles. The molecule has 0 aliphatic rings. The van der Waals surface area contributed by atoms with Crippen molar-refractivity contribution < 1.29 is 0 Å². The van der Waals surface area contributed by atoms with E-state index in [1.54, 1.807) is 0 Å². The summed E-state index contributed by atoms with van der Waals surface area (Å²) in [6, 6.07) is 29.6. The van der Waals surface area contributed by atoms with Crippen molar-refractivity contribution >= 4 is 45.6 Å². The molecule has 0 radical (unpaired) electrons. The smallest absolute Gasteiger partial charge is 0.0659 e. The molecule has 38 heavy (non-hydrogen) atoms. The van der Waals surface area contributed by atoms with Crippen molar-refractivity contribution in [1.29, 1.82) is 0 Å². The fourth-order valence-electron chi connectivity index (χ4n) is 5.16. The van der Waals surface area contributed by atoms with Gasteiger partial charge in [0.1, 0.15) is 0 Å². The van der Waals surface area contributed by atoms with Crippen LogP contribution in [0.25, 0.3) is 32.9 Å². The summed E-state index contributed by atoms with van der Waals surface area (Å²) in [5.74, 6) is 0. The van der Waals surface area contributed by atoms with Crippen molar-refractivity contribution in [1.82, 2.24) is 9.97 Å². The van der Waals surface area contributed by atoms with Gasteiger partial charge in [-0.2, -0.15) is 0 Å². The fraction of sp³-hybridized carbons (Fsp3) is 0.118. The highest BCUT2D eigenvalue weighted by Gasteiger charge is 2.08. The summed E-state index contributed by atoms with van der Waals surface area (Å²) in [6.45, 7) is 8.42. The lowest BCUT2D eigenvalue weighted by Crippen LogP contribution is -1.86. The van der Waals surface area contributed by atoms with Gasteiger partial charge in [0, 0.05) is 56.7 Å². The number of aryl methyl sites for hydroxylation is 4. The van der Waals surface area contributed by atoms with Gasteiger partial charge in [-0.05, 0) is 86.3 Å². The van der Waals surface area contributed by atoms with Gasteiger partial charge < -0.3 is 9.97 Å². The maximum Gasteiger partial charge on any atom is 0.0659 e. The number of nitrogens with one attached hydrogen (secondary N) is 2. The van der Waals surface area contributed by atoms with Crippen LogP contribution >= 0.6 is 0 Å². The second kappa shape index (κ2) is 9.64. The Hall–Kier alpha value is -4.70. The van der Waals surface area contributed by atoms with Crippen molar-refractivity contribution in [3.8, 4) is 11.1 Å². The Morgan fingerprint density at radius 3 is 1.37 bits per heavy atom. The molecule has 0 unspecified atom stereocenters. The predicted octanol–water partition coefficient (Wildman–Crippen LogP) is 9.05. The van der Waals surface area contributed by atoms with Crippen LogP contribution in [0.1, 0.15) is 33.6 Å². The third kappa shape index (κ3) is 4.35. The van der Waals surface area contributed by atoms with E-state index in [2.05, 4.69) is 110 Å². The molecule has 0 amide bonds. The molecule has 0 saturated carbocycles. The predicted molar refractivity (Wildman–Crippen MR) is 162 cm³/mol. The summed E-state index contributed by atoms with van der Waals surface area (Å²) in [5, 5.41) is 2.39. The first kappa shape index (κ1) is 23.7. The first-order valence-corrected chi connectivity index (χ1v) is 12.9. The summed E-state index contributed by atoms with van der Waals surface area (Å²) in [7, 11) is 0. The molecule has 0 spiro atoms. The highest BCUT2D eigenvalue weighted by molar-refractivity contribution is 6.02. The number of rotatable bonds is 5. The van der Waals surface area contributed by atoms with Gasteiger partial charge in [0.15, 0.2) is 0 Å². The average molecular weight is 495 g/mol. The molecule has 0 bridgehead atoms. The SMILES string of the molecule is Cc1cc(-c2ccc(N=Cc3c(C)[nH]c4ccccc34)c(C)c2)ccc1N=Cc1c(C)[nH]c2ccccc12. The van der Waals surface area contributed by atoms with E-state index in [0.29, 0.717) is 0 Å². The third-order valence-corrected chi connectivity index (χ3v) is 7.28. The topological polar surface area (TPSA) is 56.3 Å². The zero-order valence-electron chi connectivity index (χ0n) is 22.1. The number of benzene rings is 4. The summed E-state index contributed by atoms with van der Waals surface area (Å²) in [6.07, 6.45) is 3.95. The molecule has 0 saturated heterocycles. The number of aromatic nitrogens is 2. The van der Waals surface area contributed by atoms with E-state index >= 15 is 0 Å². The first-order chi connectivity index (χ1) is 18.5. The lowest BCUT2D eigenvalue weighted by Gasteiger charge is -2.08. The number of aromatic amines is 2. The van der Waals surface area contributed by atoms with Crippen molar-refractivity contribution in [2.75, 3.05) is 0 Å². The standard InChI is InChI=1S/C34H30N4/c1-21-17-25(13-15-31(21)35-19-29-23(3)37-33-11-7-5-9-27(29)33)26-14-16-32(22(2)18-26)36-20-30-24(4)38-34-12-8-6-10-28(30)34/h5-20,37-38H,1-4H3. The summed E-state index contributed by atoms with van der Waals surface area (Å²) < 4.78 is 0. The lowest BCUT2D eigenvalue weighted by atomic mass is 10.00. The van der Waals surface area contributed by atoms with Crippen LogP contribution in [0.4, 0.5) is 11.4 Å². The number of H-pyrrole nitrogens is 2. The van der Waals surface area contributed by atoms with E-state index in [1.807, 2.05) is 24.6 Å². The number of fused-ring (bicyclic) bond motifs is 2. The average Bonchev–Trinajstić information content (AvgIpc) is 3.41. The van der Waals surface area contributed by atoms with Crippen LogP contribution in [0.3, 0.4) is 0 Å². The van der Waals surface area contributed by atoms with Crippen molar-refractivity contribution in [3.05, 3.63) is 119 Å². The minimum atomic E-state index is 0.977. The van der Waals surface area contributed by atoms with Crippen LogP contribution < -0.4 is 0 Å². The van der Waals surface area contributed by atoms with Gasteiger partial charge in [0.2, 0.25) is 0 Å². The van der Waals surface area contributed by atoms with Gasteiger partial charge in [-0.1, -0.05) is 48.5 Å². The van der Waals surface area contributed by atoms with Crippen LogP contribution in [0.15, 0.2) is 94.9 Å². The largest absolute Gasteiger partial charge is 0.358 e. The van der Waals surface area contributed by atoms with Crippen LogP contribution in [0, 0.1) is 27.7 Å². The van der Waals surface area contributed by atoms with Crippen molar-refractivity contribution in [2.24, 2.45) is 9.98 Å². The Labute approximate surface area is 222 Å². The van der Waals surface area contributed by atoms with Gasteiger partial charge in [-0.3, -0.25) is 9.98 Å². The lowest BCUT2D eigenvalue weighted by molar-refractivity contribution is 1.29. The highest BCUT2D eigenvalue weighted by Crippen LogP contribution is 2.31. The number of para-hydroxylation sites is 2. The molecule has 186 valence electrons. The minimum absolute atomic E-state index is 0.977. The van der Waals surface area contributed by atoms with Crippen molar-refractivity contribution in [2.45, 2.75) is 27.7 Å². The number of aliphatic imine (C=N–C) groups is 2. The Morgan fingerprint density at radius 2 is 0.947 bits per heavy atom. The molecule has 2 heterocycles. The molecule has 0 fully saturated rings. The molecule has 6 aromatic rings. The van der Waals surface area contributed by atoms with Crippen LogP contribution in [-0.2, 0) is 0 Å². The van der Waals surface area contributed by atoms with Crippen LogP contribution in [0.5, 0.6) is 0 Å². The molecule has 2 N–H and O–H groups in total. The number of hydrogen-bond donors (Lipinski definition) is 2. The quantitative estimate of drug-likeness (QED) is 0.225. The first-order valence-electron chi connectivity index (χ1n) is 12.9. The molecule has 2 aromatic heterocycles. The Bertz CT molecular complexity index is 1730. The zero-order valence-corrected chi connectivity index (χ0v) is 22.1. The highest BCUT2D eigenvalue weighted by atomic mass is 14.8. The van der Waals surface area contributed by atoms with Gasteiger partial charge in [-0.15, -0.1) is 0 Å². The van der Waals surface area contributed by atoms with E-state index in [0.717, 1.165) is 56.0 Å². The summed E-state index contributed by atoms with van der Waals surface area (Å²) in [4.78, 5) is 16.6. The molecule has 0 aliphatic carbocycles. The molecule has 4 aromatic carbocycles. The molecule has 4 heteroatoms. The summed E-state index contributed by atoms with van der Waals surface area (Å²) in [5.41, 5.74) is 13.4. The number of nitrogens with zero attached hydrogens (tertiary/aromatic N) is 2. The van der Waals surface area contributed by atoms with Crippen LogP contribution in [0.2, 0.25) is 0 Å². The van der Waals surface area contributed by atoms with E-state index in [1.165, 1.54) is 21.9 Å². The van der Waals surface area contributed by atoms with E-state index < -0.39 is 0 Å². The second-order valence-electron chi connectivity index (χ2n) is 9.94. The van der Waals surface area contributed by atoms with E-state index in [-0.39, 0.29) is 0 Å². The van der Waals surface area contributed by atoms with Gasteiger partial charge in [-0.25, -0.2) is 0 Å². The maximum absolute atomic E-state index is 4.84. The molecule has 6 rings (SSSR count). The van der Waals surface area contributed by atoms with Crippen molar-refractivity contribution in [3.63, 3.8) is 0 Å². The minimum Gasteiger partial charge on any atom is -0.358 e. The normalized spacial score (nSPS) is 12.0. The Morgan fingerprint density at radius 1 is 0.526 bits per heavy atom. The Kier molecular flexibility index (Phi) is 6.01. The second-order valence-corrected chi connectivity index (χ2v) is 9.94. The monoisotopic (exact) mass is 494 g/mol. The Balaban J connectivity index is 1.25. The molecule has 4 nitrogen and oxygen atoms in total. The maximum atomic E-state index is 4.84. The van der Waals surface area contributed by atoms with Crippen LogP contribution in [-0.4, -0.2) is 22.4 Å². The van der Waals surface area contributed by atoms with E-state index in [9.17, 15) is 0 Å². The van der Waals surface area contributed by atoms with Gasteiger partial charge in [0.25, 0.3) is 0 Å². The summed E-state index contributed by atoms with van der Waals surface area (Å²) >= 11 is 0. The third-order valence-electron chi connectivity index (χ3n) is 7.28. The number of hydrogen-bond acceptors (Lipinski definition) is 2. The zero-order chi connectivity index (χ0) is 26.2. The molecule has 0 atom stereocenters. The van der Waals surface area contributed by atoms with E-state index in [4.69, 9.17) is 9.98 Å². The fourth-order valence-corrected chi connectivity index (χ4v) is 5.16. The van der Waals surface area contributed by atoms with Gasteiger partial charge in [0.05, 0.1) is 11.4 Å². The van der Waals surface area contributed by atoms with Gasteiger partial charge >= 0.3 is 0 Å². The molecular formula is C34H30N4. The molecular weight excluding hydrogens is 464 g/mol.